The normalized spacial score (nSPS) is 16.8. The third-order valence-corrected chi connectivity index (χ3v) is 9.13. The molecular formula is C30H30Cl2N4O7S. The summed E-state index contributed by atoms with van der Waals surface area (Å²) >= 11 is 12.1. The van der Waals surface area contributed by atoms with E-state index in [4.69, 9.17) is 32.7 Å². The maximum atomic E-state index is 13.1. The number of sulfonamides is 1. The number of hydrogen-bond donors (Lipinski definition) is 2. The lowest BCUT2D eigenvalue weighted by atomic mass is 10.2. The molecule has 3 aromatic carbocycles. The molecule has 0 saturated carbocycles. The maximum absolute atomic E-state index is 13.1. The Morgan fingerprint density at radius 1 is 0.909 bits per heavy atom. The van der Waals surface area contributed by atoms with E-state index in [1.165, 1.54) is 36.4 Å². The molecule has 3 amide bonds. The van der Waals surface area contributed by atoms with Gasteiger partial charge >= 0.3 is 0 Å². The van der Waals surface area contributed by atoms with Gasteiger partial charge in [-0.15, -0.1) is 0 Å². The Morgan fingerprint density at radius 2 is 1.61 bits per heavy atom. The molecule has 1 unspecified atom stereocenters. The van der Waals surface area contributed by atoms with Crippen molar-refractivity contribution in [3.63, 3.8) is 0 Å². The summed E-state index contributed by atoms with van der Waals surface area (Å²) in [6.45, 7) is 1.92. The molecule has 0 aliphatic carbocycles. The van der Waals surface area contributed by atoms with E-state index in [2.05, 4.69) is 10.0 Å². The van der Waals surface area contributed by atoms with E-state index >= 15 is 0 Å². The molecule has 2 saturated heterocycles. The fraction of sp³-hybridized carbons (Fsp3) is 0.300. The predicted molar refractivity (Wildman–Crippen MR) is 165 cm³/mol. The van der Waals surface area contributed by atoms with Crippen LogP contribution in [0.3, 0.4) is 0 Å². The van der Waals surface area contributed by atoms with Gasteiger partial charge in [-0.05, 0) is 67.4 Å². The van der Waals surface area contributed by atoms with Crippen LogP contribution in [0, 0.1) is 0 Å². The minimum Gasteiger partial charge on any atom is -0.454 e. The SMILES string of the molecule is O=C(NCC(=O)N1CCN(C(=O)C2CCCO2)CC1)c1ccc(S(=O)(=O)Nc2ccccc2Oc2ccc(Cl)cc2Cl)cc1. The second-order valence-electron chi connectivity index (χ2n) is 10.2. The zero-order chi connectivity index (χ0) is 31.3. The summed E-state index contributed by atoms with van der Waals surface area (Å²) in [5.41, 5.74) is 0.362. The lowest BCUT2D eigenvalue weighted by Crippen LogP contribution is -2.54. The first kappa shape index (κ1) is 31.6. The number of halogens is 2. The topological polar surface area (TPSA) is 134 Å². The molecule has 0 radical (unpaired) electrons. The van der Waals surface area contributed by atoms with Gasteiger partial charge in [0.2, 0.25) is 5.91 Å². The average molecular weight is 662 g/mol. The number of piperazine rings is 1. The average Bonchev–Trinajstić information content (AvgIpc) is 3.57. The van der Waals surface area contributed by atoms with E-state index in [-0.39, 0.29) is 45.3 Å². The summed E-state index contributed by atoms with van der Waals surface area (Å²) in [6, 6.07) is 16.4. The third-order valence-electron chi connectivity index (χ3n) is 7.22. The summed E-state index contributed by atoms with van der Waals surface area (Å²) < 4.78 is 40.1. The van der Waals surface area contributed by atoms with Gasteiger partial charge in [-0.2, -0.15) is 0 Å². The highest BCUT2D eigenvalue weighted by Crippen LogP contribution is 2.35. The zero-order valence-electron chi connectivity index (χ0n) is 23.5. The van der Waals surface area contributed by atoms with E-state index in [1.807, 2.05) is 0 Å². The van der Waals surface area contributed by atoms with Crippen molar-refractivity contribution in [1.29, 1.82) is 0 Å². The Hall–Kier alpha value is -3.84. The first-order chi connectivity index (χ1) is 21.1. The number of nitrogens with one attached hydrogen (secondary N) is 2. The number of nitrogens with zero attached hydrogens (tertiary/aromatic N) is 2. The molecule has 2 fully saturated rings. The molecule has 3 aromatic rings. The van der Waals surface area contributed by atoms with Crippen molar-refractivity contribution in [2.45, 2.75) is 23.8 Å². The maximum Gasteiger partial charge on any atom is 0.262 e. The highest BCUT2D eigenvalue weighted by molar-refractivity contribution is 7.92. The smallest absolute Gasteiger partial charge is 0.262 e. The van der Waals surface area contributed by atoms with Gasteiger partial charge in [0.25, 0.3) is 21.8 Å². The number of anilines is 1. The number of rotatable bonds is 9. The number of ether oxygens (including phenoxy) is 2. The molecule has 1 atom stereocenters. The van der Waals surface area contributed by atoms with E-state index in [9.17, 15) is 22.8 Å². The van der Waals surface area contributed by atoms with Crippen molar-refractivity contribution >= 4 is 56.6 Å². The first-order valence-corrected chi connectivity index (χ1v) is 16.2. The minimum atomic E-state index is -4.06. The van der Waals surface area contributed by atoms with Crippen molar-refractivity contribution in [1.82, 2.24) is 15.1 Å². The number of benzene rings is 3. The van der Waals surface area contributed by atoms with Gasteiger partial charge in [0.05, 0.1) is 22.2 Å². The molecule has 0 bridgehead atoms. The summed E-state index contributed by atoms with van der Waals surface area (Å²) in [4.78, 5) is 41.1. The van der Waals surface area contributed by atoms with Crippen LogP contribution >= 0.6 is 23.2 Å². The Kier molecular flexibility index (Phi) is 9.94. The van der Waals surface area contributed by atoms with Crippen LogP contribution in [-0.4, -0.2) is 81.4 Å². The fourth-order valence-corrected chi connectivity index (χ4v) is 6.35. The standard InChI is InChI=1S/C30H30Cl2N4O7S/c31-21-9-12-25(23(32)18-21)43-26-5-2-1-4-24(26)34-44(40,41)22-10-7-20(8-11-22)29(38)33-19-28(37)35-13-15-36(16-14-35)30(39)27-6-3-17-42-27/h1-2,4-5,7-12,18,27,34H,3,6,13-17,19H2,(H,33,38). The minimum absolute atomic E-state index is 0.0380. The number of carbonyl (C=O) groups excluding carboxylic acids is 3. The Labute approximate surface area is 265 Å². The molecule has 0 aromatic heterocycles. The van der Waals surface area contributed by atoms with Crippen LogP contribution < -0.4 is 14.8 Å². The van der Waals surface area contributed by atoms with Crippen molar-refractivity contribution in [2.24, 2.45) is 0 Å². The largest absolute Gasteiger partial charge is 0.454 e. The van der Waals surface area contributed by atoms with Crippen molar-refractivity contribution < 1.29 is 32.3 Å². The molecule has 2 heterocycles. The van der Waals surface area contributed by atoms with Gasteiger partial charge in [-0.3, -0.25) is 19.1 Å². The number of para-hydroxylation sites is 2. The van der Waals surface area contributed by atoms with Crippen molar-refractivity contribution in [3.05, 3.63) is 82.3 Å². The second kappa shape index (κ2) is 13.9. The van der Waals surface area contributed by atoms with Crippen molar-refractivity contribution in [3.8, 4) is 11.5 Å². The monoisotopic (exact) mass is 660 g/mol. The summed E-state index contributed by atoms with van der Waals surface area (Å²) in [7, 11) is -4.06. The molecule has 14 heteroatoms. The van der Waals surface area contributed by atoms with Crippen LogP contribution in [0.2, 0.25) is 10.0 Å². The van der Waals surface area contributed by atoms with Crippen LogP contribution in [0.5, 0.6) is 11.5 Å². The van der Waals surface area contributed by atoms with Crippen molar-refractivity contribution in [2.75, 3.05) is 44.1 Å². The van der Waals surface area contributed by atoms with Gasteiger partial charge in [-0.25, -0.2) is 8.42 Å². The first-order valence-electron chi connectivity index (χ1n) is 13.9. The fourth-order valence-electron chi connectivity index (χ4n) is 4.83. The Balaban J connectivity index is 1.14. The molecule has 2 aliphatic heterocycles. The van der Waals surface area contributed by atoms with Gasteiger partial charge in [0.1, 0.15) is 11.9 Å². The number of amides is 3. The molecule has 2 N–H and O–H groups in total. The van der Waals surface area contributed by atoms with Gasteiger partial charge in [0.15, 0.2) is 5.75 Å². The highest BCUT2D eigenvalue weighted by atomic mass is 35.5. The van der Waals surface area contributed by atoms with Crippen LogP contribution in [0.25, 0.3) is 0 Å². The summed E-state index contributed by atoms with van der Waals surface area (Å²) in [5.74, 6) is -0.322. The third kappa shape index (κ3) is 7.62. The Morgan fingerprint density at radius 3 is 2.30 bits per heavy atom. The molecule has 11 nitrogen and oxygen atoms in total. The van der Waals surface area contributed by atoms with Crippen LogP contribution in [0.15, 0.2) is 71.6 Å². The zero-order valence-corrected chi connectivity index (χ0v) is 25.8. The van der Waals surface area contributed by atoms with Gasteiger partial charge < -0.3 is 24.6 Å². The lowest BCUT2D eigenvalue weighted by molar-refractivity contribution is -0.145. The summed E-state index contributed by atoms with van der Waals surface area (Å²) in [5, 5.41) is 3.27. The quantitative estimate of drug-likeness (QED) is 0.352. The predicted octanol–water partition coefficient (Wildman–Crippen LogP) is 4.17. The van der Waals surface area contributed by atoms with Gasteiger partial charge in [-0.1, -0.05) is 35.3 Å². The van der Waals surface area contributed by atoms with Crippen LogP contribution in [-0.2, 0) is 24.3 Å². The lowest BCUT2D eigenvalue weighted by Gasteiger charge is -2.35. The molecule has 44 heavy (non-hydrogen) atoms. The molecule has 0 spiro atoms. The molecule has 232 valence electrons. The number of hydrogen-bond acceptors (Lipinski definition) is 7. The Bertz CT molecular complexity index is 1640. The molecular weight excluding hydrogens is 631 g/mol. The van der Waals surface area contributed by atoms with Crippen LogP contribution in [0.1, 0.15) is 23.2 Å². The molecule has 2 aliphatic rings. The molecule has 5 rings (SSSR count). The van der Waals surface area contributed by atoms with Gasteiger partial charge in [0, 0.05) is 43.4 Å². The van der Waals surface area contributed by atoms with E-state index in [0.717, 1.165) is 12.8 Å². The number of carbonyl (C=O) groups is 3. The van der Waals surface area contributed by atoms with E-state index < -0.39 is 22.0 Å². The highest BCUT2D eigenvalue weighted by Gasteiger charge is 2.31. The summed E-state index contributed by atoms with van der Waals surface area (Å²) in [6.07, 6.45) is 1.20. The van der Waals surface area contributed by atoms with E-state index in [1.54, 1.807) is 40.1 Å². The second-order valence-corrected chi connectivity index (χ2v) is 12.7. The van der Waals surface area contributed by atoms with Crippen LogP contribution in [0.4, 0.5) is 5.69 Å². The van der Waals surface area contributed by atoms with E-state index in [0.29, 0.717) is 43.6 Å².